The third kappa shape index (κ3) is 3.62. The molecule has 7 heteroatoms. The summed E-state index contributed by atoms with van der Waals surface area (Å²) < 4.78 is 40.7. The van der Waals surface area contributed by atoms with Crippen LogP contribution in [0.5, 0.6) is 0 Å². The first-order chi connectivity index (χ1) is 12.1. The Bertz CT molecular complexity index is 965. The van der Waals surface area contributed by atoms with E-state index in [0.29, 0.717) is 16.5 Å². The summed E-state index contributed by atoms with van der Waals surface area (Å²) >= 11 is 1.34. The third-order valence-corrected chi connectivity index (χ3v) is 7.62. The fraction of sp³-hybridized carbons (Fsp3) is 0.421. The number of benzene rings is 1. The molecule has 1 atom stereocenters. The van der Waals surface area contributed by atoms with Crippen LogP contribution in [0.2, 0.25) is 0 Å². The van der Waals surface area contributed by atoms with Gasteiger partial charge in [0.2, 0.25) is 0 Å². The fourth-order valence-electron chi connectivity index (χ4n) is 3.31. The highest BCUT2D eigenvalue weighted by Gasteiger charge is 2.33. The van der Waals surface area contributed by atoms with E-state index in [9.17, 15) is 18.1 Å². The van der Waals surface area contributed by atoms with Crippen LogP contribution in [0.15, 0.2) is 29.2 Å². The zero-order valence-corrected chi connectivity index (χ0v) is 16.6. The largest absolute Gasteiger partial charge is 0.269 e. The SMILES string of the molecule is CC(C)(C)[C@H]1CCc2c(sc(NS(=O)(=O)c3ccc(F)cc3)c2C#N)C1. The zero-order chi connectivity index (χ0) is 19.1. The summed E-state index contributed by atoms with van der Waals surface area (Å²) in [6, 6.07) is 6.80. The van der Waals surface area contributed by atoms with Crippen molar-refractivity contribution in [3.8, 4) is 6.07 Å². The Morgan fingerprint density at radius 3 is 2.50 bits per heavy atom. The molecule has 1 aliphatic carbocycles. The summed E-state index contributed by atoms with van der Waals surface area (Å²) in [6.45, 7) is 6.62. The average Bonchev–Trinajstić information content (AvgIpc) is 2.89. The van der Waals surface area contributed by atoms with Crippen molar-refractivity contribution in [3.05, 3.63) is 46.1 Å². The molecule has 1 aromatic heterocycles. The molecule has 1 heterocycles. The van der Waals surface area contributed by atoms with Gasteiger partial charge in [0.05, 0.1) is 10.5 Å². The maximum Gasteiger partial charge on any atom is 0.262 e. The normalized spacial score (nSPS) is 17.4. The number of fused-ring (bicyclic) bond motifs is 1. The topological polar surface area (TPSA) is 70.0 Å². The molecule has 1 aromatic carbocycles. The van der Waals surface area contributed by atoms with Crippen LogP contribution >= 0.6 is 11.3 Å². The first kappa shape index (κ1) is 18.9. The number of nitriles is 1. The van der Waals surface area contributed by atoms with Crippen molar-refractivity contribution in [2.45, 2.75) is 44.9 Å². The van der Waals surface area contributed by atoms with Gasteiger partial charge in [-0.1, -0.05) is 20.8 Å². The molecular weight excluding hydrogens is 371 g/mol. The number of rotatable bonds is 3. The number of anilines is 1. The van der Waals surface area contributed by atoms with E-state index in [0.717, 1.165) is 41.8 Å². The van der Waals surface area contributed by atoms with Gasteiger partial charge in [-0.2, -0.15) is 5.26 Å². The van der Waals surface area contributed by atoms with Gasteiger partial charge < -0.3 is 0 Å². The van der Waals surface area contributed by atoms with Gasteiger partial charge in [0, 0.05) is 4.88 Å². The Morgan fingerprint density at radius 2 is 1.92 bits per heavy atom. The molecule has 0 radical (unpaired) electrons. The van der Waals surface area contributed by atoms with E-state index in [1.165, 1.54) is 23.5 Å². The maximum atomic E-state index is 13.1. The van der Waals surface area contributed by atoms with Crippen molar-refractivity contribution in [3.63, 3.8) is 0 Å². The Balaban J connectivity index is 1.94. The lowest BCUT2D eigenvalue weighted by Gasteiger charge is -2.33. The molecule has 0 saturated carbocycles. The van der Waals surface area contributed by atoms with E-state index in [1.54, 1.807) is 0 Å². The van der Waals surface area contributed by atoms with Crippen molar-refractivity contribution in [1.29, 1.82) is 5.26 Å². The highest BCUT2D eigenvalue weighted by Crippen LogP contribution is 2.44. The lowest BCUT2D eigenvalue weighted by molar-refractivity contribution is 0.218. The minimum atomic E-state index is -3.86. The van der Waals surface area contributed by atoms with Gasteiger partial charge in [0.25, 0.3) is 10.0 Å². The van der Waals surface area contributed by atoms with Crippen molar-refractivity contribution in [2.24, 2.45) is 11.3 Å². The van der Waals surface area contributed by atoms with Crippen molar-refractivity contribution >= 4 is 26.4 Å². The molecule has 138 valence electrons. The van der Waals surface area contributed by atoms with Crippen molar-refractivity contribution in [2.75, 3.05) is 4.72 Å². The number of nitrogens with zero attached hydrogens (tertiary/aromatic N) is 1. The maximum absolute atomic E-state index is 13.1. The van der Waals surface area contributed by atoms with Crippen LogP contribution in [0.25, 0.3) is 0 Å². The van der Waals surface area contributed by atoms with Crippen LogP contribution < -0.4 is 4.72 Å². The average molecular weight is 393 g/mol. The van der Waals surface area contributed by atoms with E-state index in [2.05, 4.69) is 31.6 Å². The monoisotopic (exact) mass is 392 g/mol. The molecule has 0 amide bonds. The summed E-state index contributed by atoms with van der Waals surface area (Å²) in [5.41, 5.74) is 1.56. The van der Waals surface area contributed by atoms with E-state index >= 15 is 0 Å². The molecule has 0 spiro atoms. The second kappa shape index (κ2) is 6.67. The Labute approximate surface area is 157 Å². The second-order valence-electron chi connectivity index (χ2n) is 7.68. The number of halogens is 1. The summed E-state index contributed by atoms with van der Waals surface area (Å²) in [7, 11) is -3.86. The van der Waals surface area contributed by atoms with Gasteiger partial charge >= 0.3 is 0 Å². The van der Waals surface area contributed by atoms with E-state index in [1.807, 2.05) is 0 Å². The zero-order valence-electron chi connectivity index (χ0n) is 15.0. The summed E-state index contributed by atoms with van der Waals surface area (Å²) in [4.78, 5) is 1.06. The Kier molecular flexibility index (Phi) is 4.84. The smallest absolute Gasteiger partial charge is 0.262 e. The summed E-state index contributed by atoms with van der Waals surface area (Å²) in [5.74, 6) is 0.00298. The third-order valence-electron chi connectivity index (χ3n) is 4.95. The minimum absolute atomic E-state index is 0.0262. The second-order valence-corrected chi connectivity index (χ2v) is 10.5. The van der Waals surface area contributed by atoms with Gasteiger partial charge in [0.15, 0.2) is 0 Å². The number of sulfonamides is 1. The fourth-order valence-corrected chi connectivity index (χ4v) is 5.89. The molecule has 2 aromatic rings. The lowest BCUT2D eigenvalue weighted by atomic mass is 9.72. The number of hydrogen-bond donors (Lipinski definition) is 1. The highest BCUT2D eigenvalue weighted by atomic mass is 32.2. The predicted octanol–water partition coefficient (Wildman–Crippen LogP) is 4.71. The van der Waals surface area contributed by atoms with Gasteiger partial charge in [-0.3, -0.25) is 4.72 Å². The summed E-state index contributed by atoms with van der Waals surface area (Å²) in [6.07, 6.45) is 2.64. The molecule has 0 unspecified atom stereocenters. The van der Waals surface area contributed by atoms with Gasteiger partial charge in [-0.15, -0.1) is 11.3 Å². The molecule has 4 nitrogen and oxygen atoms in total. The number of thiophene rings is 1. The molecular formula is C19H21FN2O2S2. The van der Waals surface area contributed by atoms with Gasteiger partial charge in [-0.05, 0) is 60.4 Å². The van der Waals surface area contributed by atoms with E-state index in [-0.39, 0.29) is 10.3 Å². The van der Waals surface area contributed by atoms with Gasteiger partial charge in [-0.25, -0.2) is 12.8 Å². The summed E-state index contributed by atoms with van der Waals surface area (Å²) in [5, 5.41) is 9.92. The molecule has 0 bridgehead atoms. The van der Waals surface area contributed by atoms with E-state index < -0.39 is 15.8 Å². The lowest BCUT2D eigenvalue weighted by Crippen LogP contribution is -2.26. The first-order valence-corrected chi connectivity index (χ1v) is 10.7. The molecule has 1 N–H and O–H groups in total. The van der Waals surface area contributed by atoms with Crippen LogP contribution in [0.3, 0.4) is 0 Å². The highest BCUT2D eigenvalue weighted by molar-refractivity contribution is 7.93. The number of hydrogen-bond acceptors (Lipinski definition) is 4. The molecule has 0 fully saturated rings. The Hall–Kier alpha value is -1.91. The molecule has 3 rings (SSSR count). The van der Waals surface area contributed by atoms with Crippen LogP contribution in [-0.2, 0) is 22.9 Å². The molecule has 26 heavy (non-hydrogen) atoms. The van der Waals surface area contributed by atoms with Crippen LogP contribution in [0, 0.1) is 28.5 Å². The number of nitrogens with one attached hydrogen (secondary N) is 1. The van der Waals surface area contributed by atoms with E-state index in [4.69, 9.17) is 0 Å². The molecule has 0 saturated heterocycles. The van der Waals surface area contributed by atoms with Gasteiger partial charge in [0.1, 0.15) is 16.9 Å². The Morgan fingerprint density at radius 1 is 1.27 bits per heavy atom. The van der Waals surface area contributed by atoms with Crippen molar-refractivity contribution in [1.82, 2.24) is 0 Å². The van der Waals surface area contributed by atoms with Crippen molar-refractivity contribution < 1.29 is 12.8 Å². The standard InChI is InChI=1S/C19H21FN2O2S2/c1-19(2,3)12-4-9-15-16(11-21)18(25-17(15)10-12)22-26(23,24)14-7-5-13(20)6-8-14/h5-8,12,22H,4,9-10H2,1-3H3/t12-/m0/s1. The molecule has 0 aliphatic heterocycles. The van der Waals surface area contributed by atoms with Crippen LogP contribution in [0.1, 0.15) is 43.2 Å². The molecule has 1 aliphatic rings. The van der Waals surface area contributed by atoms with Crippen LogP contribution in [0.4, 0.5) is 9.39 Å². The van der Waals surface area contributed by atoms with Crippen LogP contribution in [-0.4, -0.2) is 8.42 Å². The predicted molar refractivity (Wildman–Crippen MR) is 101 cm³/mol. The first-order valence-electron chi connectivity index (χ1n) is 8.45. The quantitative estimate of drug-likeness (QED) is 0.822. The minimum Gasteiger partial charge on any atom is -0.269 e.